The molecule has 7 nitrogen and oxygen atoms in total. The number of carbonyl (C=O) groups is 2. The van der Waals surface area contributed by atoms with Crippen LogP contribution in [0.15, 0.2) is 78.9 Å². The molecule has 2 amide bonds. The number of nitrogens with two attached hydrogens (primary N) is 1. The molecule has 4 rings (SSSR count). The predicted octanol–water partition coefficient (Wildman–Crippen LogP) is 3.92. The lowest BCUT2D eigenvalue weighted by molar-refractivity contribution is -0.128. The Bertz CT molecular complexity index is 1160. The lowest BCUT2D eigenvalue weighted by Gasteiger charge is -2.27. The Morgan fingerprint density at radius 3 is 2.50 bits per heavy atom. The maximum Gasteiger partial charge on any atom is 0.266 e. The number of benzene rings is 3. The normalized spacial score (nSPS) is 14.4. The molecule has 7 heteroatoms. The third kappa shape index (κ3) is 5.61. The molecule has 3 aromatic carbocycles. The first-order valence-corrected chi connectivity index (χ1v) is 11.3. The zero-order valence-electron chi connectivity index (χ0n) is 18.9. The van der Waals surface area contributed by atoms with Gasteiger partial charge in [0.15, 0.2) is 0 Å². The number of hydrogen-bond acceptors (Lipinski definition) is 4. The summed E-state index contributed by atoms with van der Waals surface area (Å²) in [5.74, 6) is 0.256. The second-order valence-corrected chi connectivity index (χ2v) is 8.24. The van der Waals surface area contributed by atoms with Gasteiger partial charge in [-0.2, -0.15) is 0 Å². The van der Waals surface area contributed by atoms with E-state index in [1.165, 1.54) is 0 Å². The Balaban J connectivity index is 1.45. The summed E-state index contributed by atoms with van der Waals surface area (Å²) in [5, 5.41) is 10.6. The molecule has 0 aliphatic carbocycles. The first-order chi connectivity index (χ1) is 16.5. The Morgan fingerprint density at radius 1 is 1.03 bits per heavy atom. The van der Waals surface area contributed by atoms with Crippen molar-refractivity contribution in [1.82, 2.24) is 5.32 Å². The van der Waals surface area contributed by atoms with Crippen LogP contribution in [0.25, 0.3) is 0 Å². The number of hydrogen-bond donors (Lipinski definition) is 3. The molecule has 1 atom stereocenters. The molecule has 34 heavy (non-hydrogen) atoms. The van der Waals surface area contributed by atoms with Crippen molar-refractivity contribution < 1.29 is 14.3 Å². The molecule has 1 aliphatic heterocycles. The van der Waals surface area contributed by atoms with Gasteiger partial charge in [0, 0.05) is 36.3 Å². The molecular formula is C27H28N4O3. The van der Waals surface area contributed by atoms with Gasteiger partial charge in [0.2, 0.25) is 12.0 Å². The van der Waals surface area contributed by atoms with Gasteiger partial charge in [0.05, 0.1) is 0 Å². The summed E-state index contributed by atoms with van der Waals surface area (Å²) in [5.41, 5.74) is 8.64. The molecule has 1 heterocycles. The second kappa shape index (κ2) is 10.7. The summed E-state index contributed by atoms with van der Waals surface area (Å²) in [7, 11) is 0. The number of carbonyl (C=O) groups excluding carboxylic acids is 2. The molecule has 174 valence electrons. The second-order valence-electron chi connectivity index (χ2n) is 8.24. The molecule has 0 bridgehead atoms. The first kappa shape index (κ1) is 23.0. The maximum absolute atomic E-state index is 13.1. The first-order valence-electron chi connectivity index (χ1n) is 11.3. The van der Waals surface area contributed by atoms with Crippen LogP contribution in [0.2, 0.25) is 0 Å². The highest BCUT2D eigenvalue weighted by atomic mass is 16.5. The SMILES string of the molecule is N=C(N)c1cccc(OC(C(=O)NCc2ccc(N3CCCCC3=O)cc2)c2ccccc2)c1. The molecule has 1 saturated heterocycles. The topological polar surface area (TPSA) is 109 Å². The summed E-state index contributed by atoms with van der Waals surface area (Å²) < 4.78 is 6.04. The van der Waals surface area contributed by atoms with Crippen molar-refractivity contribution in [2.75, 3.05) is 11.4 Å². The zero-order valence-corrected chi connectivity index (χ0v) is 18.9. The van der Waals surface area contributed by atoms with Gasteiger partial charge in [0.1, 0.15) is 11.6 Å². The summed E-state index contributed by atoms with van der Waals surface area (Å²) in [6, 6.07) is 23.8. The number of piperidine rings is 1. The van der Waals surface area contributed by atoms with Crippen LogP contribution in [0.5, 0.6) is 5.75 Å². The van der Waals surface area contributed by atoms with Crippen molar-refractivity contribution in [3.63, 3.8) is 0 Å². The van der Waals surface area contributed by atoms with Crippen LogP contribution in [-0.4, -0.2) is 24.2 Å². The van der Waals surface area contributed by atoms with E-state index in [0.29, 0.717) is 29.8 Å². The van der Waals surface area contributed by atoms with Gasteiger partial charge in [-0.15, -0.1) is 0 Å². The largest absolute Gasteiger partial charge is 0.476 e. The lowest BCUT2D eigenvalue weighted by Crippen LogP contribution is -2.35. The number of amidine groups is 1. The Morgan fingerprint density at radius 2 is 1.79 bits per heavy atom. The minimum Gasteiger partial charge on any atom is -0.476 e. The molecule has 0 spiro atoms. The molecule has 0 aromatic heterocycles. The maximum atomic E-state index is 13.1. The highest BCUT2D eigenvalue weighted by Crippen LogP contribution is 2.24. The average Bonchev–Trinajstić information content (AvgIpc) is 2.87. The monoisotopic (exact) mass is 456 g/mol. The van der Waals surface area contributed by atoms with Gasteiger partial charge in [-0.3, -0.25) is 15.0 Å². The molecule has 1 aliphatic rings. The molecular weight excluding hydrogens is 428 g/mol. The van der Waals surface area contributed by atoms with Crippen molar-refractivity contribution in [3.05, 3.63) is 95.6 Å². The minimum atomic E-state index is -0.867. The third-order valence-electron chi connectivity index (χ3n) is 5.78. The van der Waals surface area contributed by atoms with E-state index in [4.69, 9.17) is 15.9 Å². The van der Waals surface area contributed by atoms with E-state index in [1.807, 2.05) is 59.5 Å². The fourth-order valence-electron chi connectivity index (χ4n) is 3.93. The molecule has 1 unspecified atom stereocenters. The Hall–Kier alpha value is -4.13. The van der Waals surface area contributed by atoms with Crippen molar-refractivity contribution in [2.45, 2.75) is 31.9 Å². The number of nitrogens with one attached hydrogen (secondary N) is 2. The minimum absolute atomic E-state index is 0.0686. The standard InChI is InChI=1S/C27H28N4O3/c28-26(29)21-9-6-10-23(17-21)34-25(20-7-2-1-3-8-20)27(33)30-18-19-12-14-22(15-13-19)31-16-5-4-11-24(31)32/h1-3,6-10,12-15,17,25H,4-5,11,16,18H2,(H3,28,29)(H,30,33). The summed E-state index contributed by atoms with van der Waals surface area (Å²) in [4.78, 5) is 27.1. The molecule has 0 saturated carbocycles. The van der Waals surface area contributed by atoms with E-state index < -0.39 is 6.10 Å². The number of amides is 2. The lowest BCUT2D eigenvalue weighted by atomic mass is 10.1. The van der Waals surface area contributed by atoms with E-state index in [1.54, 1.807) is 24.3 Å². The fourth-order valence-corrected chi connectivity index (χ4v) is 3.93. The fraction of sp³-hybridized carbons (Fsp3) is 0.222. The van der Waals surface area contributed by atoms with Gasteiger partial charge in [-0.05, 0) is 42.7 Å². The van der Waals surface area contributed by atoms with Gasteiger partial charge in [-0.1, -0.05) is 54.6 Å². The number of nitrogens with zero attached hydrogens (tertiary/aromatic N) is 1. The molecule has 4 N–H and O–H groups in total. The van der Waals surface area contributed by atoms with Crippen LogP contribution >= 0.6 is 0 Å². The number of rotatable bonds is 8. The number of ether oxygens (including phenoxy) is 1. The smallest absolute Gasteiger partial charge is 0.266 e. The van der Waals surface area contributed by atoms with E-state index in [2.05, 4.69) is 5.32 Å². The highest BCUT2D eigenvalue weighted by Gasteiger charge is 2.23. The van der Waals surface area contributed by atoms with Crippen molar-refractivity contribution >= 4 is 23.3 Å². The molecule has 1 fully saturated rings. The van der Waals surface area contributed by atoms with E-state index in [0.717, 1.165) is 30.6 Å². The van der Waals surface area contributed by atoms with Crippen LogP contribution in [0.3, 0.4) is 0 Å². The predicted molar refractivity (Wildman–Crippen MR) is 132 cm³/mol. The van der Waals surface area contributed by atoms with E-state index in [-0.39, 0.29) is 17.6 Å². The van der Waals surface area contributed by atoms with E-state index in [9.17, 15) is 9.59 Å². The van der Waals surface area contributed by atoms with Crippen LogP contribution in [-0.2, 0) is 16.1 Å². The molecule has 3 aromatic rings. The Labute approximate surface area is 199 Å². The zero-order chi connectivity index (χ0) is 23.9. The van der Waals surface area contributed by atoms with Crippen LogP contribution in [0.4, 0.5) is 5.69 Å². The quantitative estimate of drug-likeness (QED) is 0.353. The van der Waals surface area contributed by atoms with Gasteiger partial charge >= 0.3 is 0 Å². The summed E-state index contributed by atoms with van der Waals surface area (Å²) in [6.45, 7) is 1.07. The summed E-state index contributed by atoms with van der Waals surface area (Å²) >= 11 is 0. The van der Waals surface area contributed by atoms with Crippen LogP contribution < -0.4 is 20.7 Å². The average molecular weight is 457 g/mol. The number of nitrogen functional groups attached to an aromatic ring is 1. The van der Waals surface area contributed by atoms with Crippen molar-refractivity contribution in [2.24, 2.45) is 5.73 Å². The summed E-state index contributed by atoms with van der Waals surface area (Å²) in [6.07, 6.45) is 1.69. The third-order valence-corrected chi connectivity index (χ3v) is 5.78. The van der Waals surface area contributed by atoms with Crippen LogP contribution in [0, 0.1) is 5.41 Å². The van der Waals surface area contributed by atoms with Gasteiger partial charge < -0.3 is 20.7 Å². The van der Waals surface area contributed by atoms with Gasteiger partial charge in [0.25, 0.3) is 5.91 Å². The van der Waals surface area contributed by atoms with Crippen molar-refractivity contribution in [1.29, 1.82) is 5.41 Å². The van der Waals surface area contributed by atoms with E-state index >= 15 is 0 Å². The van der Waals surface area contributed by atoms with Crippen molar-refractivity contribution in [3.8, 4) is 5.75 Å². The van der Waals surface area contributed by atoms with Crippen LogP contribution in [0.1, 0.15) is 42.1 Å². The molecule has 0 radical (unpaired) electrons. The Kier molecular flexibility index (Phi) is 7.22. The highest BCUT2D eigenvalue weighted by molar-refractivity contribution is 5.95. The number of anilines is 1. The van der Waals surface area contributed by atoms with Gasteiger partial charge in [-0.25, -0.2) is 0 Å².